The highest BCUT2D eigenvalue weighted by Gasteiger charge is 2.31. The predicted molar refractivity (Wildman–Crippen MR) is 142 cm³/mol. The first-order valence-corrected chi connectivity index (χ1v) is 13.9. The summed E-state index contributed by atoms with van der Waals surface area (Å²) in [6.07, 6.45) is 1.77. The van der Waals surface area contributed by atoms with Gasteiger partial charge in [0.25, 0.3) is 0 Å². The van der Waals surface area contributed by atoms with E-state index in [4.69, 9.17) is 23.2 Å². The van der Waals surface area contributed by atoms with E-state index < -0.39 is 28.5 Å². The Hall–Kier alpha value is -2.29. The molecular formula is C25H33Cl2N3O4S. The molecule has 192 valence electrons. The van der Waals surface area contributed by atoms with Crippen molar-refractivity contribution >= 4 is 50.7 Å². The first-order valence-electron chi connectivity index (χ1n) is 11.3. The minimum absolute atomic E-state index is 0.0587. The Balaban J connectivity index is 2.49. The molecule has 1 N–H and O–H groups in total. The number of rotatable bonds is 10. The molecule has 0 spiro atoms. The first kappa shape index (κ1) is 28.9. The largest absolute Gasteiger partial charge is 0.352 e. The van der Waals surface area contributed by atoms with Crippen LogP contribution in [-0.2, 0) is 26.2 Å². The van der Waals surface area contributed by atoms with Crippen LogP contribution in [0.5, 0.6) is 0 Å². The summed E-state index contributed by atoms with van der Waals surface area (Å²) in [6.45, 7) is 8.54. The van der Waals surface area contributed by atoms with Crippen LogP contribution in [0, 0.1) is 13.8 Å². The summed E-state index contributed by atoms with van der Waals surface area (Å²) in [7, 11) is -3.81. The van der Waals surface area contributed by atoms with E-state index in [9.17, 15) is 18.0 Å². The Bertz CT molecular complexity index is 1170. The first-order chi connectivity index (χ1) is 16.3. The third-order valence-corrected chi connectivity index (χ3v) is 7.92. The fourth-order valence-electron chi connectivity index (χ4n) is 3.50. The molecule has 0 aromatic heterocycles. The van der Waals surface area contributed by atoms with Crippen LogP contribution in [0.25, 0.3) is 0 Å². The molecule has 0 saturated carbocycles. The van der Waals surface area contributed by atoms with Crippen molar-refractivity contribution in [2.45, 2.75) is 59.7 Å². The van der Waals surface area contributed by atoms with Crippen LogP contribution in [0.3, 0.4) is 0 Å². The summed E-state index contributed by atoms with van der Waals surface area (Å²) in [5, 5.41) is 3.57. The van der Waals surface area contributed by atoms with Crippen molar-refractivity contribution in [3.05, 3.63) is 63.1 Å². The molecule has 0 fully saturated rings. The summed E-state index contributed by atoms with van der Waals surface area (Å²) < 4.78 is 26.6. The van der Waals surface area contributed by atoms with E-state index >= 15 is 0 Å². The summed E-state index contributed by atoms with van der Waals surface area (Å²) in [5.41, 5.74) is 2.52. The van der Waals surface area contributed by atoms with Gasteiger partial charge in [0.2, 0.25) is 21.8 Å². The molecule has 0 aliphatic heterocycles. The van der Waals surface area contributed by atoms with Gasteiger partial charge in [-0.05, 0) is 63.4 Å². The second kappa shape index (κ2) is 12.1. The number of sulfonamides is 1. The van der Waals surface area contributed by atoms with Gasteiger partial charge >= 0.3 is 0 Å². The van der Waals surface area contributed by atoms with Crippen molar-refractivity contribution in [3.63, 3.8) is 0 Å². The monoisotopic (exact) mass is 541 g/mol. The Morgan fingerprint density at radius 1 is 1.03 bits per heavy atom. The van der Waals surface area contributed by atoms with Gasteiger partial charge in [-0.2, -0.15) is 0 Å². The molecule has 0 unspecified atom stereocenters. The Kier molecular flexibility index (Phi) is 10.0. The number of halogens is 2. The molecule has 0 bridgehead atoms. The number of anilines is 1. The minimum atomic E-state index is -3.81. The van der Waals surface area contributed by atoms with Gasteiger partial charge in [0, 0.05) is 28.2 Å². The SMILES string of the molecule is CC[C@H](C)NC(=O)[C@H](C)N(Cc1c(Cl)cccc1Cl)C(=O)CN(c1cccc(C)c1C)S(C)(=O)=O. The van der Waals surface area contributed by atoms with Crippen LogP contribution in [0.2, 0.25) is 10.0 Å². The molecule has 2 atom stereocenters. The fourth-order valence-corrected chi connectivity index (χ4v) is 4.92. The lowest BCUT2D eigenvalue weighted by Crippen LogP contribution is -2.52. The average Bonchev–Trinajstić information content (AvgIpc) is 2.78. The number of amides is 2. The molecular weight excluding hydrogens is 509 g/mol. The Labute approximate surface area is 218 Å². The second-order valence-electron chi connectivity index (χ2n) is 8.70. The Morgan fingerprint density at radius 3 is 2.14 bits per heavy atom. The van der Waals surface area contributed by atoms with Gasteiger partial charge in [-0.1, -0.05) is 48.3 Å². The van der Waals surface area contributed by atoms with Crippen LogP contribution in [0.15, 0.2) is 36.4 Å². The summed E-state index contributed by atoms with van der Waals surface area (Å²) in [6, 6.07) is 9.26. The molecule has 2 aromatic rings. The third kappa shape index (κ3) is 7.35. The zero-order valence-corrected chi connectivity index (χ0v) is 23.3. The molecule has 2 rings (SSSR count). The smallest absolute Gasteiger partial charge is 0.244 e. The standard InChI is InChI=1S/C25H33Cl2N3O4S/c1-7-17(3)28-25(32)19(5)29(14-20-21(26)11-9-12-22(20)27)24(31)15-30(35(6,33)34)23-13-8-10-16(2)18(23)4/h8-13,17,19H,7,14-15H2,1-6H3,(H,28,32)/t17-,19-/m0/s1. The zero-order chi connectivity index (χ0) is 26.5. The number of carbonyl (C=O) groups excluding carboxylic acids is 2. The van der Waals surface area contributed by atoms with E-state index in [1.54, 1.807) is 44.2 Å². The lowest BCUT2D eigenvalue weighted by atomic mass is 10.1. The zero-order valence-electron chi connectivity index (χ0n) is 20.9. The minimum Gasteiger partial charge on any atom is -0.352 e. The van der Waals surface area contributed by atoms with Crippen LogP contribution in [-0.4, -0.2) is 50.0 Å². The molecule has 0 radical (unpaired) electrons. The number of carbonyl (C=O) groups is 2. The number of hydrogen-bond donors (Lipinski definition) is 1. The second-order valence-corrected chi connectivity index (χ2v) is 11.4. The number of aryl methyl sites for hydroxylation is 1. The molecule has 2 amide bonds. The summed E-state index contributed by atoms with van der Waals surface area (Å²) in [5.74, 6) is -0.910. The maximum atomic E-state index is 13.7. The molecule has 35 heavy (non-hydrogen) atoms. The topological polar surface area (TPSA) is 86.8 Å². The number of benzene rings is 2. The Morgan fingerprint density at radius 2 is 1.60 bits per heavy atom. The maximum absolute atomic E-state index is 13.7. The normalized spacial score (nSPS) is 13.1. The molecule has 2 aromatic carbocycles. The highest BCUT2D eigenvalue weighted by molar-refractivity contribution is 7.92. The average molecular weight is 543 g/mol. The molecule has 7 nitrogen and oxygen atoms in total. The van der Waals surface area contributed by atoms with E-state index in [1.807, 2.05) is 26.8 Å². The summed E-state index contributed by atoms with van der Waals surface area (Å²) >= 11 is 12.7. The van der Waals surface area contributed by atoms with Crippen molar-refractivity contribution in [1.29, 1.82) is 0 Å². The lowest BCUT2D eigenvalue weighted by molar-refractivity contribution is -0.139. The van der Waals surface area contributed by atoms with Crippen LogP contribution < -0.4 is 9.62 Å². The quantitative estimate of drug-likeness (QED) is 0.471. The molecule has 0 aliphatic carbocycles. The van der Waals surface area contributed by atoms with Gasteiger partial charge in [-0.15, -0.1) is 0 Å². The molecule has 10 heteroatoms. The third-order valence-electron chi connectivity index (χ3n) is 6.08. The molecule has 0 saturated heterocycles. The van der Waals surface area contributed by atoms with Crippen molar-refractivity contribution in [3.8, 4) is 0 Å². The highest BCUT2D eigenvalue weighted by Crippen LogP contribution is 2.28. The fraction of sp³-hybridized carbons (Fsp3) is 0.440. The van der Waals surface area contributed by atoms with Crippen molar-refractivity contribution in [2.75, 3.05) is 17.1 Å². The van der Waals surface area contributed by atoms with E-state index in [0.717, 1.165) is 28.1 Å². The van der Waals surface area contributed by atoms with E-state index in [2.05, 4.69) is 5.32 Å². The maximum Gasteiger partial charge on any atom is 0.244 e. The van der Waals surface area contributed by atoms with Gasteiger partial charge < -0.3 is 10.2 Å². The predicted octanol–water partition coefficient (Wildman–Crippen LogP) is 4.71. The van der Waals surface area contributed by atoms with Crippen molar-refractivity contribution in [1.82, 2.24) is 10.2 Å². The molecule has 0 aliphatic rings. The molecule has 0 heterocycles. The summed E-state index contributed by atoms with van der Waals surface area (Å²) in [4.78, 5) is 27.9. The van der Waals surface area contributed by atoms with Crippen molar-refractivity contribution in [2.24, 2.45) is 0 Å². The highest BCUT2D eigenvalue weighted by atomic mass is 35.5. The van der Waals surface area contributed by atoms with Crippen LogP contribution in [0.1, 0.15) is 43.9 Å². The van der Waals surface area contributed by atoms with Crippen LogP contribution >= 0.6 is 23.2 Å². The van der Waals surface area contributed by atoms with E-state index in [1.165, 1.54) is 4.90 Å². The number of nitrogens with one attached hydrogen (secondary N) is 1. The van der Waals surface area contributed by atoms with Gasteiger partial charge in [-0.25, -0.2) is 8.42 Å². The van der Waals surface area contributed by atoms with Gasteiger partial charge in [-0.3, -0.25) is 13.9 Å². The number of nitrogens with zero attached hydrogens (tertiary/aromatic N) is 2. The lowest BCUT2D eigenvalue weighted by Gasteiger charge is -2.33. The van der Waals surface area contributed by atoms with E-state index in [0.29, 0.717) is 21.3 Å². The van der Waals surface area contributed by atoms with Crippen LogP contribution in [0.4, 0.5) is 5.69 Å². The van der Waals surface area contributed by atoms with Crippen molar-refractivity contribution < 1.29 is 18.0 Å². The van der Waals surface area contributed by atoms with Gasteiger partial charge in [0.1, 0.15) is 12.6 Å². The number of hydrogen-bond acceptors (Lipinski definition) is 4. The van der Waals surface area contributed by atoms with Gasteiger partial charge in [0.05, 0.1) is 11.9 Å². The van der Waals surface area contributed by atoms with E-state index in [-0.39, 0.29) is 18.5 Å². The van der Waals surface area contributed by atoms with Gasteiger partial charge in [0.15, 0.2) is 0 Å².